The summed E-state index contributed by atoms with van der Waals surface area (Å²) in [6.07, 6.45) is 5.10. The molecule has 2 heterocycles. The van der Waals surface area contributed by atoms with E-state index in [2.05, 4.69) is 15.0 Å². The lowest BCUT2D eigenvalue weighted by molar-refractivity contribution is 1.18. The van der Waals surface area contributed by atoms with E-state index in [9.17, 15) is 0 Å². The maximum Gasteiger partial charge on any atom is 0.127 e. The second-order valence-electron chi connectivity index (χ2n) is 3.74. The molecule has 2 aromatic heterocycles. The number of hydrogen-bond donors (Lipinski definition) is 1. The van der Waals surface area contributed by atoms with Crippen LogP contribution in [-0.4, -0.2) is 15.0 Å². The minimum atomic E-state index is 0.461. The van der Waals surface area contributed by atoms with Crippen LogP contribution >= 0.6 is 0 Å². The van der Waals surface area contributed by atoms with E-state index in [1.807, 2.05) is 30.5 Å². The molecule has 3 aromatic rings. The molecule has 0 saturated carbocycles. The van der Waals surface area contributed by atoms with Gasteiger partial charge in [-0.1, -0.05) is 24.3 Å². The summed E-state index contributed by atoms with van der Waals surface area (Å²) in [6, 6.07) is 9.81. The predicted molar refractivity (Wildman–Crippen MR) is 67.2 cm³/mol. The normalized spacial score (nSPS) is 10.6. The molecule has 17 heavy (non-hydrogen) atoms. The van der Waals surface area contributed by atoms with Crippen molar-refractivity contribution in [3.8, 4) is 11.3 Å². The van der Waals surface area contributed by atoms with Crippen molar-refractivity contribution in [2.75, 3.05) is 5.73 Å². The molecule has 82 valence electrons. The molecule has 0 bridgehead atoms. The van der Waals surface area contributed by atoms with E-state index in [-0.39, 0.29) is 0 Å². The second-order valence-corrected chi connectivity index (χ2v) is 3.74. The summed E-state index contributed by atoms with van der Waals surface area (Å²) in [5.41, 5.74) is 7.43. The van der Waals surface area contributed by atoms with Crippen LogP contribution in [0.25, 0.3) is 22.0 Å². The van der Waals surface area contributed by atoms with Crippen LogP contribution in [-0.2, 0) is 0 Å². The van der Waals surface area contributed by atoms with E-state index in [1.165, 1.54) is 6.33 Å². The minimum Gasteiger partial charge on any atom is -0.384 e. The number of nitrogens with two attached hydrogens (primary N) is 1. The molecule has 2 N–H and O–H groups in total. The average molecular weight is 222 g/mol. The largest absolute Gasteiger partial charge is 0.384 e. The summed E-state index contributed by atoms with van der Waals surface area (Å²) in [7, 11) is 0. The molecule has 0 atom stereocenters. The van der Waals surface area contributed by atoms with Crippen LogP contribution < -0.4 is 5.73 Å². The summed E-state index contributed by atoms with van der Waals surface area (Å²) in [5.74, 6) is 0.461. The zero-order chi connectivity index (χ0) is 11.7. The summed E-state index contributed by atoms with van der Waals surface area (Å²) in [5, 5.41) is 2.20. The van der Waals surface area contributed by atoms with Crippen molar-refractivity contribution in [1.29, 1.82) is 0 Å². The highest BCUT2D eigenvalue weighted by atomic mass is 14.9. The number of anilines is 1. The maximum absolute atomic E-state index is 5.67. The number of pyridine rings is 1. The molecule has 0 unspecified atom stereocenters. The number of nitrogen functional groups attached to an aromatic ring is 1. The number of hydrogen-bond acceptors (Lipinski definition) is 4. The van der Waals surface area contributed by atoms with Gasteiger partial charge in [0, 0.05) is 29.4 Å². The summed E-state index contributed by atoms with van der Waals surface area (Å²) < 4.78 is 0. The number of benzene rings is 1. The van der Waals surface area contributed by atoms with Crippen LogP contribution in [0.2, 0.25) is 0 Å². The molecule has 0 amide bonds. The highest BCUT2D eigenvalue weighted by molar-refractivity contribution is 5.94. The Bertz CT molecular complexity index is 674. The Balaban J connectivity index is 2.30. The van der Waals surface area contributed by atoms with Crippen molar-refractivity contribution in [1.82, 2.24) is 15.0 Å². The lowest BCUT2D eigenvalue weighted by atomic mass is 10.1. The van der Waals surface area contributed by atoms with Crippen molar-refractivity contribution in [2.45, 2.75) is 0 Å². The van der Waals surface area contributed by atoms with E-state index < -0.39 is 0 Å². The van der Waals surface area contributed by atoms with Crippen LogP contribution in [0.1, 0.15) is 0 Å². The Morgan fingerprint density at radius 3 is 2.76 bits per heavy atom. The molecule has 0 aliphatic heterocycles. The number of rotatable bonds is 1. The van der Waals surface area contributed by atoms with Crippen molar-refractivity contribution >= 4 is 16.6 Å². The van der Waals surface area contributed by atoms with Gasteiger partial charge in [0.05, 0.1) is 5.69 Å². The first-order chi connectivity index (χ1) is 8.34. The number of fused-ring (bicyclic) bond motifs is 1. The highest BCUT2D eigenvalue weighted by Gasteiger charge is 2.05. The standard InChI is InChI=1S/C13H10N4/c14-13-5-12(16-8-17-13)11-7-15-6-9-3-1-2-4-10(9)11/h1-8H,(H2,14,16,17). The van der Waals surface area contributed by atoms with Gasteiger partial charge in [-0.2, -0.15) is 0 Å². The summed E-state index contributed by atoms with van der Waals surface area (Å²) >= 11 is 0. The molecular formula is C13H10N4. The molecule has 3 rings (SSSR count). The third-order valence-electron chi connectivity index (χ3n) is 2.63. The second kappa shape index (κ2) is 3.83. The van der Waals surface area contributed by atoms with Crippen LogP contribution in [0.3, 0.4) is 0 Å². The maximum atomic E-state index is 5.67. The quantitative estimate of drug-likeness (QED) is 0.686. The smallest absolute Gasteiger partial charge is 0.127 e. The molecule has 0 radical (unpaired) electrons. The highest BCUT2D eigenvalue weighted by Crippen LogP contribution is 2.26. The van der Waals surface area contributed by atoms with E-state index in [0.717, 1.165) is 22.0 Å². The molecule has 0 fully saturated rings. The fourth-order valence-corrected chi connectivity index (χ4v) is 1.84. The van der Waals surface area contributed by atoms with Gasteiger partial charge in [0.25, 0.3) is 0 Å². The van der Waals surface area contributed by atoms with Crippen LogP contribution in [0.4, 0.5) is 5.82 Å². The van der Waals surface area contributed by atoms with Gasteiger partial charge in [0.2, 0.25) is 0 Å². The van der Waals surface area contributed by atoms with Crippen molar-refractivity contribution in [3.63, 3.8) is 0 Å². The van der Waals surface area contributed by atoms with Gasteiger partial charge in [-0.05, 0) is 5.39 Å². The van der Waals surface area contributed by atoms with Crippen LogP contribution in [0.5, 0.6) is 0 Å². The first-order valence-electron chi connectivity index (χ1n) is 5.25. The molecule has 0 aliphatic rings. The Hall–Kier alpha value is -2.49. The van der Waals surface area contributed by atoms with E-state index in [1.54, 1.807) is 12.3 Å². The third-order valence-corrected chi connectivity index (χ3v) is 2.63. The Labute approximate surface area is 98.2 Å². The minimum absolute atomic E-state index is 0.461. The Morgan fingerprint density at radius 2 is 1.88 bits per heavy atom. The first-order valence-corrected chi connectivity index (χ1v) is 5.25. The SMILES string of the molecule is Nc1cc(-c2cncc3ccccc23)ncn1. The van der Waals surface area contributed by atoms with Gasteiger partial charge >= 0.3 is 0 Å². The zero-order valence-corrected chi connectivity index (χ0v) is 9.04. The van der Waals surface area contributed by atoms with Crippen molar-refractivity contribution in [2.24, 2.45) is 0 Å². The first kappa shape index (κ1) is 9.72. The summed E-state index contributed by atoms with van der Waals surface area (Å²) in [4.78, 5) is 12.3. The van der Waals surface area contributed by atoms with E-state index in [4.69, 9.17) is 5.73 Å². The zero-order valence-electron chi connectivity index (χ0n) is 9.04. The van der Waals surface area contributed by atoms with E-state index in [0.29, 0.717) is 5.82 Å². The molecule has 1 aromatic carbocycles. The fourth-order valence-electron chi connectivity index (χ4n) is 1.84. The third kappa shape index (κ3) is 1.69. The van der Waals surface area contributed by atoms with E-state index >= 15 is 0 Å². The molecule has 0 saturated heterocycles. The van der Waals surface area contributed by atoms with Crippen molar-refractivity contribution < 1.29 is 0 Å². The Morgan fingerprint density at radius 1 is 1.00 bits per heavy atom. The van der Waals surface area contributed by atoms with Gasteiger partial charge in [0.15, 0.2) is 0 Å². The van der Waals surface area contributed by atoms with Gasteiger partial charge < -0.3 is 5.73 Å². The van der Waals surface area contributed by atoms with Crippen LogP contribution in [0, 0.1) is 0 Å². The van der Waals surface area contributed by atoms with Crippen molar-refractivity contribution in [3.05, 3.63) is 49.1 Å². The molecule has 0 aliphatic carbocycles. The summed E-state index contributed by atoms with van der Waals surface area (Å²) in [6.45, 7) is 0. The number of aromatic nitrogens is 3. The molecular weight excluding hydrogens is 212 g/mol. The van der Waals surface area contributed by atoms with Crippen LogP contribution in [0.15, 0.2) is 49.1 Å². The predicted octanol–water partition coefficient (Wildman–Crippen LogP) is 2.27. The molecule has 4 nitrogen and oxygen atoms in total. The van der Waals surface area contributed by atoms with Gasteiger partial charge in [-0.25, -0.2) is 9.97 Å². The Kier molecular flexibility index (Phi) is 2.19. The number of nitrogens with zero attached hydrogens (tertiary/aromatic N) is 3. The topological polar surface area (TPSA) is 64.7 Å². The molecule has 0 spiro atoms. The monoisotopic (exact) mass is 222 g/mol. The lowest BCUT2D eigenvalue weighted by Crippen LogP contribution is -1.93. The fraction of sp³-hybridized carbons (Fsp3) is 0. The van der Waals surface area contributed by atoms with Gasteiger partial charge in [-0.15, -0.1) is 0 Å². The average Bonchev–Trinajstić information content (AvgIpc) is 2.38. The van der Waals surface area contributed by atoms with Gasteiger partial charge in [-0.3, -0.25) is 4.98 Å². The molecule has 4 heteroatoms. The van der Waals surface area contributed by atoms with Gasteiger partial charge in [0.1, 0.15) is 12.1 Å². The lowest BCUT2D eigenvalue weighted by Gasteiger charge is -2.05.